The van der Waals surface area contributed by atoms with E-state index in [4.69, 9.17) is 0 Å². The molecule has 1 aromatic rings. The van der Waals surface area contributed by atoms with E-state index in [1.54, 1.807) is 6.08 Å². The van der Waals surface area contributed by atoms with Crippen LogP contribution in [0.2, 0.25) is 0 Å². The molecule has 0 atom stereocenters. The van der Waals surface area contributed by atoms with Gasteiger partial charge in [-0.15, -0.1) is 0 Å². The molecule has 1 aromatic carbocycles. The fourth-order valence-electron chi connectivity index (χ4n) is 1.71. The van der Waals surface area contributed by atoms with Crippen molar-refractivity contribution in [2.45, 2.75) is 12.8 Å². The van der Waals surface area contributed by atoms with Crippen molar-refractivity contribution in [3.63, 3.8) is 0 Å². The predicted octanol–water partition coefficient (Wildman–Crippen LogP) is 2.03. The Morgan fingerprint density at radius 2 is 2.07 bits per heavy atom. The molecule has 0 unspecified atom stereocenters. The summed E-state index contributed by atoms with van der Waals surface area (Å²) in [5, 5.41) is 0. The Balaban J connectivity index is 2.39. The van der Waals surface area contributed by atoms with Crippen molar-refractivity contribution in [2.24, 2.45) is 0 Å². The zero-order chi connectivity index (χ0) is 9.97. The van der Waals surface area contributed by atoms with Gasteiger partial charge in [0.2, 0.25) is 0 Å². The molecule has 1 aliphatic rings. The van der Waals surface area contributed by atoms with E-state index in [0.717, 1.165) is 29.4 Å². The van der Waals surface area contributed by atoms with Gasteiger partial charge in [-0.2, -0.15) is 0 Å². The highest BCUT2D eigenvalue weighted by molar-refractivity contribution is 6.00. The number of Topliss-reactive ketones (excluding diaryl/α,β-unsaturated/α-hetero) is 1. The minimum atomic E-state index is 0.210. The largest absolute Gasteiger partial charge is 0.299 e. The zero-order valence-corrected chi connectivity index (χ0v) is 7.69. The number of hydrogen-bond donors (Lipinski definition) is 0. The lowest BCUT2D eigenvalue weighted by Gasteiger charge is -1.98. The van der Waals surface area contributed by atoms with Gasteiger partial charge in [0, 0.05) is 12.0 Å². The molecule has 0 bridgehead atoms. The number of benzene rings is 1. The highest BCUT2D eigenvalue weighted by Gasteiger charge is 2.18. The first kappa shape index (κ1) is 8.88. The summed E-state index contributed by atoms with van der Waals surface area (Å²) < 4.78 is 0. The molecule has 0 spiro atoms. The third-order valence-electron chi connectivity index (χ3n) is 2.42. The molecule has 70 valence electrons. The van der Waals surface area contributed by atoms with Crippen molar-refractivity contribution in [1.82, 2.24) is 0 Å². The van der Waals surface area contributed by atoms with E-state index in [-0.39, 0.29) is 5.78 Å². The van der Waals surface area contributed by atoms with E-state index >= 15 is 0 Å². The summed E-state index contributed by atoms with van der Waals surface area (Å²) in [4.78, 5) is 21.5. The number of ketones is 1. The maximum Gasteiger partial charge on any atom is 0.163 e. The zero-order valence-electron chi connectivity index (χ0n) is 7.69. The molecule has 0 amide bonds. The van der Waals surface area contributed by atoms with E-state index in [1.807, 2.05) is 18.2 Å². The van der Waals surface area contributed by atoms with E-state index in [9.17, 15) is 9.59 Å². The standard InChI is InChI=1S/C12H10O2/c13-7-1-2-9-3-4-10-5-6-12(14)11(10)8-9/h1-4,7-8H,5-6H2. The summed E-state index contributed by atoms with van der Waals surface area (Å²) in [5.41, 5.74) is 2.85. The van der Waals surface area contributed by atoms with Gasteiger partial charge in [0.1, 0.15) is 6.29 Å². The van der Waals surface area contributed by atoms with Crippen molar-refractivity contribution in [2.75, 3.05) is 0 Å². The van der Waals surface area contributed by atoms with Gasteiger partial charge < -0.3 is 0 Å². The molecular formula is C12H10O2. The highest BCUT2D eigenvalue weighted by Crippen LogP contribution is 2.23. The van der Waals surface area contributed by atoms with Crippen LogP contribution in [0.4, 0.5) is 0 Å². The van der Waals surface area contributed by atoms with Gasteiger partial charge in [-0.3, -0.25) is 9.59 Å². The van der Waals surface area contributed by atoms with Crippen LogP contribution in [0.25, 0.3) is 6.08 Å². The third-order valence-corrected chi connectivity index (χ3v) is 2.42. The number of carbonyl (C=O) groups excluding carboxylic acids is 2. The Kier molecular flexibility index (Phi) is 2.27. The normalized spacial score (nSPS) is 14.7. The second-order valence-electron chi connectivity index (χ2n) is 3.33. The Morgan fingerprint density at radius 3 is 2.86 bits per heavy atom. The molecule has 0 saturated carbocycles. The van der Waals surface area contributed by atoms with E-state index in [1.165, 1.54) is 6.08 Å². The van der Waals surface area contributed by atoms with Crippen LogP contribution in [0.15, 0.2) is 24.3 Å². The Morgan fingerprint density at radius 1 is 1.21 bits per heavy atom. The molecule has 2 rings (SSSR count). The summed E-state index contributed by atoms with van der Waals surface area (Å²) in [5.74, 6) is 0.210. The minimum Gasteiger partial charge on any atom is -0.299 e. The van der Waals surface area contributed by atoms with Gasteiger partial charge in [0.05, 0.1) is 0 Å². The average Bonchev–Trinajstić information content (AvgIpc) is 2.57. The van der Waals surface area contributed by atoms with Crippen molar-refractivity contribution in [3.8, 4) is 0 Å². The van der Waals surface area contributed by atoms with Gasteiger partial charge in [-0.1, -0.05) is 18.2 Å². The molecule has 0 fully saturated rings. The van der Waals surface area contributed by atoms with Crippen LogP contribution in [0.5, 0.6) is 0 Å². The molecule has 0 aliphatic heterocycles. The van der Waals surface area contributed by atoms with Crippen LogP contribution in [0, 0.1) is 0 Å². The molecule has 14 heavy (non-hydrogen) atoms. The summed E-state index contributed by atoms with van der Waals surface area (Å²) in [7, 11) is 0. The minimum absolute atomic E-state index is 0.210. The monoisotopic (exact) mass is 186 g/mol. The van der Waals surface area contributed by atoms with Gasteiger partial charge >= 0.3 is 0 Å². The second kappa shape index (κ2) is 3.58. The SMILES string of the molecule is O=CC=Cc1ccc2c(c1)C(=O)CC2. The Bertz CT molecular complexity index is 416. The third kappa shape index (κ3) is 1.51. The predicted molar refractivity (Wildman–Crippen MR) is 54.2 cm³/mol. The van der Waals surface area contributed by atoms with Crippen LogP contribution < -0.4 is 0 Å². The van der Waals surface area contributed by atoms with Gasteiger partial charge in [0.25, 0.3) is 0 Å². The lowest BCUT2D eigenvalue weighted by Crippen LogP contribution is -1.91. The number of hydrogen-bond acceptors (Lipinski definition) is 2. The quantitative estimate of drug-likeness (QED) is 0.523. The molecule has 0 saturated heterocycles. The molecule has 0 aromatic heterocycles. The first-order valence-corrected chi connectivity index (χ1v) is 4.59. The number of aryl methyl sites for hydroxylation is 1. The molecule has 1 aliphatic carbocycles. The number of rotatable bonds is 2. The Hall–Kier alpha value is -1.70. The smallest absolute Gasteiger partial charge is 0.163 e. The summed E-state index contributed by atoms with van der Waals surface area (Å²) in [6, 6.07) is 5.74. The lowest BCUT2D eigenvalue weighted by atomic mass is 10.1. The van der Waals surface area contributed by atoms with Crippen LogP contribution in [0.3, 0.4) is 0 Å². The van der Waals surface area contributed by atoms with Crippen molar-refractivity contribution in [3.05, 3.63) is 41.0 Å². The fraction of sp³-hybridized carbons (Fsp3) is 0.167. The Labute approximate surface area is 82.2 Å². The average molecular weight is 186 g/mol. The first-order chi connectivity index (χ1) is 6.81. The lowest BCUT2D eigenvalue weighted by molar-refractivity contribution is -0.104. The first-order valence-electron chi connectivity index (χ1n) is 4.59. The van der Waals surface area contributed by atoms with Gasteiger partial charge in [0.15, 0.2) is 5.78 Å². The van der Waals surface area contributed by atoms with Crippen molar-refractivity contribution in [1.29, 1.82) is 0 Å². The van der Waals surface area contributed by atoms with Gasteiger partial charge in [-0.25, -0.2) is 0 Å². The number of fused-ring (bicyclic) bond motifs is 1. The molecular weight excluding hydrogens is 176 g/mol. The maximum atomic E-state index is 11.4. The summed E-state index contributed by atoms with van der Waals surface area (Å²) in [6.07, 6.45) is 5.34. The van der Waals surface area contributed by atoms with Crippen LogP contribution in [-0.4, -0.2) is 12.1 Å². The number of carbonyl (C=O) groups is 2. The molecule has 0 radical (unpaired) electrons. The summed E-state index contributed by atoms with van der Waals surface area (Å²) >= 11 is 0. The van der Waals surface area contributed by atoms with E-state index < -0.39 is 0 Å². The maximum absolute atomic E-state index is 11.4. The number of allylic oxidation sites excluding steroid dienone is 1. The summed E-state index contributed by atoms with van der Waals surface area (Å²) in [6.45, 7) is 0. The van der Waals surface area contributed by atoms with Crippen molar-refractivity contribution >= 4 is 18.1 Å². The number of aldehydes is 1. The van der Waals surface area contributed by atoms with E-state index in [0.29, 0.717) is 6.42 Å². The topological polar surface area (TPSA) is 34.1 Å². The van der Waals surface area contributed by atoms with Gasteiger partial charge in [-0.05, 0) is 29.7 Å². The van der Waals surface area contributed by atoms with Crippen LogP contribution >= 0.6 is 0 Å². The van der Waals surface area contributed by atoms with Crippen molar-refractivity contribution < 1.29 is 9.59 Å². The molecule has 2 heteroatoms. The molecule has 0 N–H and O–H groups in total. The second-order valence-corrected chi connectivity index (χ2v) is 3.33. The van der Waals surface area contributed by atoms with Crippen LogP contribution in [0.1, 0.15) is 27.9 Å². The van der Waals surface area contributed by atoms with E-state index in [2.05, 4.69) is 0 Å². The fourth-order valence-corrected chi connectivity index (χ4v) is 1.71. The molecule has 2 nitrogen and oxygen atoms in total. The highest BCUT2D eigenvalue weighted by atomic mass is 16.1. The van der Waals surface area contributed by atoms with Crippen LogP contribution in [-0.2, 0) is 11.2 Å². The molecule has 0 heterocycles.